The molecule has 0 spiro atoms. The maximum atomic E-state index is 13.0. The quantitative estimate of drug-likeness (QED) is 0.0515. The Morgan fingerprint density at radius 3 is 1.55 bits per heavy atom. The molecular formula is C45H78N4O7. The molecular weight excluding hydrogens is 709 g/mol. The molecule has 0 aliphatic carbocycles. The molecule has 2 N–H and O–H groups in total. The topological polar surface area (TPSA) is 146 Å². The van der Waals surface area contributed by atoms with Crippen molar-refractivity contribution in [3.63, 3.8) is 0 Å². The molecule has 56 heavy (non-hydrogen) atoms. The highest BCUT2D eigenvalue weighted by Gasteiger charge is 2.48. The average Bonchev–Trinajstić information content (AvgIpc) is 3.76. The van der Waals surface area contributed by atoms with Crippen LogP contribution in [0, 0.1) is 0 Å². The summed E-state index contributed by atoms with van der Waals surface area (Å²) in [7, 11) is 0. The molecule has 11 heteroatoms. The minimum Gasteiger partial charge on any atom is -0.463 e. The molecule has 0 saturated carbocycles. The summed E-state index contributed by atoms with van der Waals surface area (Å²) in [5.74, 6) is -0.758. The normalized spacial score (nSPS) is 18.2. The van der Waals surface area contributed by atoms with E-state index in [1.54, 1.807) is 0 Å². The highest BCUT2D eigenvalue weighted by atomic mass is 16.6. The van der Waals surface area contributed by atoms with Crippen molar-refractivity contribution in [2.75, 3.05) is 6.61 Å². The third kappa shape index (κ3) is 19.1. The van der Waals surface area contributed by atoms with Crippen LogP contribution in [0.5, 0.6) is 0 Å². The molecule has 320 valence electrons. The van der Waals surface area contributed by atoms with Crippen molar-refractivity contribution in [2.24, 2.45) is 0 Å². The summed E-state index contributed by atoms with van der Waals surface area (Å²) in [5, 5.41) is 11.4. The van der Waals surface area contributed by atoms with E-state index in [1.165, 1.54) is 165 Å². The predicted molar refractivity (Wildman–Crippen MR) is 223 cm³/mol. The molecule has 3 heterocycles. The molecule has 0 unspecified atom stereocenters. The van der Waals surface area contributed by atoms with Gasteiger partial charge < -0.3 is 24.3 Å². The van der Waals surface area contributed by atoms with Crippen LogP contribution in [0.1, 0.15) is 219 Å². The maximum Gasteiger partial charge on any atom is 0.306 e. The Labute approximate surface area is 337 Å². The molecule has 0 bridgehead atoms. The van der Waals surface area contributed by atoms with Crippen LogP contribution in [0.15, 0.2) is 17.4 Å². The Bertz CT molecular complexity index is 1360. The van der Waals surface area contributed by atoms with Crippen molar-refractivity contribution >= 4 is 23.1 Å². The summed E-state index contributed by atoms with van der Waals surface area (Å²) >= 11 is 0. The second-order valence-electron chi connectivity index (χ2n) is 16.3. The van der Waals surface area contributed by atoms with Crippen molar-refractivity contribution in [3.05, 3.63) is 23.0 Å². The second kappa shape index (κ2) is 30.3. The van der Waals surface area contributed by atoms with Gasteiger partial charge in [-0.3, -0.25) is 19.0 Å². The smallest absolute Gasteiger partial charge is 0.306 e. The molecule has 0 radical (unpaired) electrons. The maximum absolute atomic E-state index is 13.0. The number of unbranched alkanes of at least 4 members (excludes halogenated alkanes) is 27. The highest BCUT2D eigenvalue weighted by Crippen LogP contribution is 2.33. The van der Waals surface area contributed by atoms with Gasteiger partial charge in [0.25, 0.3) is 5.56 Å². The number of hydrogen-bond donors (Lipinski definition) is 2. The number of ether oxygens (including phenoxy) is 3. The lowest BCUT2D eigenvalue weighted by atomic mass is 10.0. The van der Waals surface area contributed by atoms with Crippen LogP contribution in [0.3, 0.4) is 0 Å². The fourth-order valence-corrected chi connectivity index (χ4v) is 7.84. The van der Waals surface area contributed by atoms with Crippen LogP contribution in [-0.2, 0) is 23.8 Å². The van der Waals surface area contributed by atoms with E-state index in [1.807, 2.05) is 0 Å². The van der Waals surface area contributed by atoms with Gasteiger partial charge in [-0.25, -0.2) is 9.97 Å². The molecule has 2 aromatic heterocycles. The number of aliphatic hydroxyl groups excluding tert-OH is 1. The first-order chi connectivity index (χ1) is 27.5. The molecule has 11 nitrogen and oxygen atoms in total. The first-order valence-corrected chi connectivity index (χ1v) is 23.0. The number of imidazole rings is 1. The summed E-state index contributed by atoms with van der Waals surface area (Å²) in [6.07, 6.45) is 34.9. The van der Waals surface area contributed by atoms with Gasteiger partial charge in [0.1, 0.15) is 18.8 Å². The number of esters is 2. The van der Waals surface area contributed by atoms with Gasteiger partial charge >= 0.3 is 11.9 Å². The number of aromatic nitrogens is 4. The summed E-state index contributed by atoms with van der Waals surface area (Å²) < 4.78 is 19.0. The number of H-pyrrole nitrogens is 1. The summed E-state index contributed by atoms with van der Waals surface area (Å²) in [6.45, 7) is 4.35. The van der Waals surface area contributed by atoms with E-state index < -0.39 is 36.1 Å². The van der Waals surface area contributed by atoms with Crippen molar-refractivity contribution in [3.8, 4) is 0 Å². The molecule has 0 amide bonds. The van der Waals surface area contributed by atoms with Crippen LogP contribution in [0.2, 0.25) is 0 Å². The van der Waals surface area contributed by atoms with Crippen molar-refractivity contribution < 1.29 is 28.9 Å². The number of hydrogen-bond acceptors (Lipinski definition) is 9. The summed E-state index contributed by atoms with van der Waals surface area (Å²) in [6, 6.07) is 0. The van der Waals surface area contributed by atoms with E-state index >= 15 is 0 Å². The first kappa shape index (κ1) is 47.6. The van der Waals surface area contributed by atoms with Crippen LogP contribution in [0.25, 0.3) is 11.2 Å². The molecule has 1 aliphatic rings. The van der Waals surface area contributed by atoms with Gasteiger partial charge in [0, 0.05) is 12.8 Å². The zero-order valence-electron chi connectivity index (χ0n) is 35.3. The number of aliphatic hydroxyl groups is 1. The zero-order valence-corrected chi connectivity index (χ0v) is 35.3. The minimum atomic E-state index is -1.28. The van der Waals surface area contributed by atoms with Crippen LogP contribution in [0.4, 0.5) is 0 Å². The molecule has 1 fully saturated rings. The lowest BCUT2D eigenvalue weighted by Crippen LogP contribution is -2.38. The number of rotatable bonds is 35. The Morgan fingerprint density at radius 2 is 1.09 bits per heavy atom. The monoisotopic (exact) mass is 787 g/mol. The fourth-order valence-electron chi connectivity index (χ4n) is 7.84. The van der Waals surface area contributed by atoms with Gasteiger partial charge in [-0.2, -0.15) is 0 Å². The molecule has 2 aromatic rings. The SMILES string of the molecule is CCCCCCCCCCCCCCCCCC(=O)OC[C@H]1O[C@@H](n2cnc3c(=O)[nH]cnc32)[C@H](O)[C@@H]1OC(=O)CCCCCCCCCCCCCCCC. The van der Waals surface area contributed by atoms with Crippen LogP contribution < -0.4 is 5.56 Å². The Kier molecular flexibility index (Phi) is 25.8. The third-order valence-electron chi connectivity index (χ3n) is 11.3. The van der Waals surface area contributed by atoms with Crippen molar-refractivity contribution in [1.29, 1.82) is 0 Å². The second-order valence-corrected chi connectivity index (χ2v) is 16.3. The molecule has 3 rings (SSSR count). The molecule has 1 saturated heterocycles. The Balaban J connectivity index is 1.34. The number of fused-ring (bicyclic) bond motifs is 1. The van der Waals surface area contributed by atoms with Gasteiger partial charge in [-0.05, 0) is 12.8 Å². The van der Waals surface area contributed by atoms with Gasteiger partial charge in [0.2, 0.25) is 0 Å². The summed E-state index contributed by atoms with van der Waals surface area (Å²) in [5.41, 5.74) is -0.0780. The van der Waals surface area contributed by atoms with Crippen molar-refractivity contribution in [1.82, 2.24) is 19.5 Å². The van der Waals surface area contributed by atoms with E-state index in [9.17, 15) is 19.5 Å². The number of nitrogens with zero attached hydrogens (tertiary/aromatic N) is 3. The Hall–Kier alpha value is -2.79. The van der Waals surface area contributed by atoms with E-state index in [2.05, 4.69) is 28.8 Å². The molecule has 4 atom stereocenters. The highest BCUT2D eigenvalue weighted by molar-refractivity contribution is 5.70. The molecule has 0 aromatic carbocycles. The first-order valence-electron chi connectivity index (χ1n) is 23.0. The van der Waals surface area contributed by atoms with Gasteiger partial charge in [0.05, 0.1) is 12.7 Å². The predicted octanol–water partition coefficient (Wildman–Crippen LogP) is 11.0. The van der Waals surface area contributed by atoms with Gasteiger partial charge in [-0.1, -0.05) is 187 Å². The van der Waals surface area contributed by atoms with E-state index in [0.717, 1.165) is 32.1 Å². The van der Waals surface area contributed by atoms with Gasteiger partial charge in [0.15, 0.2) is 23.5 Å². The lowest BCUT2D eigenvalue weighted by Gasteiger charge is -2.21. The van der Waals surface area contributed by atoms with Crippen LogP contribution in [-0.4, -0.2) is 61.5 Å². The largest absolute Gasteiger partial charge is 0.463 e. The summed E-state index contributed by atoms with van der Waals surface area (Å²) in [4.78, 5) is 48.8. The zero-order chi connectivity index (χ0) is 40.1. The fraction of sp³-hybridized carbons (Fsp3) is 0.844. The third-order valence-corrected chi connectivity index (χ3v) is 11.3. The van der Waals surface area contributed by atoms with Crippen molar-refractivity contribution in [2.45, 2.75) is 237 Å². The number of carbonyl (C=O) groups is 2. The number of carbonyl (C=O) groups excluding carboxylic acids is 2. The van der Waals surface area contributed by atoms with E-state index in [4.69, 9.17) is 14.2 Å². The average molecular weight is 787 g/mol. The molecule has 1 aliphatic heterocycles. The Morgan fingerprint density at radius 1 is 0.661 bits per heavy atom. The van der Waals surface area contributed by atoms with Gasteiger partial charge in [-0.15, -0.1) is 0 Å². The lowest BCUT2D eigenvalue weighted by molar-refractivity contribution is -0.160. The number of aromatic amines is 1. The van der Waals surface area contributed by atoms with E-state index in [0.29, 0.717) is 12.8 Å². The number of nitrogens with one attached hydrogen (secondary N) is 1. The minimum absolute atomic E-state index is 0.105. The standard InChI is InChI=1S/C45H78N4O7/c1-3-5-7-9-11-13-15-17-19-21-22-24-26-28-30-32-38(50)54-34-37-42(41(52)45(55-37)49-36-48-40-43(49)46-35-47-44(40)53)56-39(51)33-31-29-27-25-23-20-18-16-14-12-10-8-6-4-2/h35-37,41-42,45,52H,3-34H2,1-2H3,(H,46,47,53)/t37-,41-,42-,45-/m1/s1. The van der Waals surface area contributed by atoms with Crippen LogP contribution >= 0.6 is 0 Å². The van der Waals surface area contributed by atoms with E-state index in [-0.39, 0.29) is 30.2 Å².